The third kappa shape index (κ3) is 2.64. The van der Waals surface area contributed by atoms with E-state index in [0.717, 1.165) is 6.07 Å². The molecule has 0 radical (unpaired) electrons. The molecule has 0 aliphatic rings. The molecule has 0 unspecified atom stereocenters. The lowest BCUT2D eigenvalue weighted by Gasteiger charge is -2.02. The normalized spacial score (nSPS) is 9.73. The summed E-state index contributed by atoms with van der Waals surface area (Å²) < 4.78 is 0. The molecule has 0 saturated heterocycles. The lowest BCUT2D eigenvalue weighted by Crippen LogP contribution is -2.21. The molecular weight excluding hydrogens is 224 g/mol. The zero-order valence-electron chi connectivity index (χ0n) is 7.69. The molecule has 0 spiro atoms. The number of hydrogen-bond donors (Lipinski definition) is 1. The molecule has 0 fully saturated rings. The van der Waals surface area contributed by atoms with E-state index < -0.39 is 10.8 Å². The van der Waals surface area contributed by atoms with Crippen LogP contribution in [0.3, 0.4) is 0 Å². The number of carbonyl (C=O) groups excluding carboxylic acids is 1. The highest BCUT2D eigenvalue weighted by atomic mass is 35.5. The Balaban J connectivity index is 3.07. The van der Waals surface area contributed by atoms with Gasteiger partial charge in [-0.2, -0.15) is 0 Å². The third-order valence-corrected chi connectivity index (χ3v) is 1.92. The van der Waals surface area contributed by atoms with E-state index in [-0.39, 0.29) is 16.3 Å². The van der Waals surface area contributed by atoms with Crippen molar-refractivity contribution in [3.8, 4) is 0 Å². The number of nitrogens with zero attached hydrogens (tertiary/aromatic N) is 1. The summed E-state index contributed by atoms with van der Waals surface area (Å²) >= 11 is 5.57. The fourth-order valence-corrected chi connectivity index (χ4v) is 1.13. The predicted octanol–water partition coefficient (Wildman–Crippen LogP) is 1.54. The number of hydroxylamine groups is 1. The quantitative estimate of drug-likeness (QED) is 0.631. The van der Waals surface area contributed by atoms with Gasteiger partial charge in [0.2, 0.25) is 0 Å². The second-order valence-electron chi connectivity index (χ2n) is 2.56. The first-order valence-electron chi connectivity index (χ1n) is 3.83. The van der Waals surface area contributed by atoms with Gasteiger partial charge in [-0.15, -0.1) is 0 Å². The van der Waals surface area contributed by atoms with Crippen molar-refractivity contribution < 1.29 is 14.6 Å². The van der Waals surface area contributed by atoms with Crippen LogP contribution in [-0.4, -0.2) is 17.9 Å². The fraction of sp³-hybridized carbons (Fsp3) is 0.125. The largest absolute Gasteiger partial charge is 0.288 e. The minimum absolute atomic E-state index is 0.0195. The van der Waals surface area contributed by atoms with Gasteiger partial charge in [0.15, 0.2) is 0 Å². The molecule has 1 rings (SSSR count). The van der Waals surface area contributed by atoms with Gasteiger partial charge in [-0.25, -0.2) is 5.48 Å². The molecule has 1 N–H and O–H groups in total. The van der Waals surface area contributed by atoms with E-state index in [2.05, 4.69) is 4.84 Å². The van der Waals surface area contributed by atoms with Gasteiger partial charge in [0.25, 0.3) is 11.6 Å². The monoisotopic (exact) mass is 230 g/mol. The smallest absolute Gasteiger partial charge is 0.277 e. The fourth-order valence-electron chi connectivity index (χ4n) is 0.945. The van der Waals surface area contributed by atoms with E-state index in [1.54, 1.807) is 0 Å². The Kier molecular flexibility index (Phi) is 3.59. The van der Waals surface area contributed by atoms with Crippen LogP contribution in [0.5, 0.6) is 0 Å². The molecule has 0 atom stereocenters. The molecule has 80 valence electrons. The van der Waals surface area contributed by atoms with Crippen LogP contribution in [0.1, 0.15) is 10.4 Å². The highest BCUT2D eigenvalue weighted by Crippen LogP contribution is 2.24. The van der Waals surface area contributed by atoms with Crippen molar-refractivity contribution in [3.05, 3.63) is 38.9 Å². The Morgan fingerprint density at radius 1 is 1.60 bits per heavy atom. The minimum Gasteiger partial charge on any atom is -0.277 e. The maximum Gasteiger partial charge on any atom is 0.288 e. The molecule has 1 amide bonds. The summed E-state index contributed by atoms with van der Waals surface area (Å²) in [5.41, 5.74) is 1.83. The van der Waals surface area contributed by atoms with Crippen molar-refractivity contribution in [3.63, 3.8) is 0 Å². The molecule has 0 heterocycles. The Morgan fingerprint density at radius 2 is 2.27 bits per heavy atom. The van der Waals surface area contributed by atoms with Gasteiger partial charge in [-0.1, -0.05) is 11.6 Å². The number of hydrogen-bond acceptors (Lipinski definition) is 4. The summed E-state index contributed by atoms with van der Waals surface area (Å²) in [6, 6.07) is 3.73. The number of halogens is 1. The summed E-state index contributed by atoms with van der Waals surface area (Å²) in [5.74, 6) is -0.572. The van der Waals surface area contributed by atoms with Crippen LogP contribution in [-0.2, 0) is 4.84 Å². The highest BCUT2D eigenvalue weighted by molar-refractivity contribution is 6.32. The Labute approximate surface area is 89.9 Å². The number of nitrogens with one attached hydrogen (secondary N) is 1. The van der Waals surface area contributed by atoms with Crippen molar-refractivity contribution in [2.24, 2.45) is 0 Å². The molecule has 0 bridgehead atoms. The number of nitro benzene ring substituents is 1. The topological polar surface area (TPSA) is 81.5 Å². The van der Waals surface area contributed by atoms with Crippen LogP contribution in [0.2, 0.25) is 5.02 Å². The Morgan fingerprint density at radius 3 is 2.80 bits per heavy atom. The van der Waals surface area contributed by atoms with Crippen molar-refractivity contribution in [2.45, 2.75) is 0 Å². The van der Waals surface area contributed by atoms with Crippen LogP contribution < -0.4 is 5.48 Å². The maximum atomic E-state index is 11.2. The van der Waals surface area contributed by atoms with Crippen LogP contribution in [0.25, 0.3) is 0 Å². The molecule has 0 saturated carbocycles. The average molecular weight is 231 g/mol. The van der Waals surface area contributed by atoms with Gasteiger partial charge in [0.05, 0.1) is 12.0 Å². The molecule has 0 aromatic heterocycles. The van der Waals surface area contributed by atoms with E-state index >= 15 is 0 Å². The third-order valence-electron chi connectivity index (χ3n) is 1.60. The first-order chi connectivity index (χ1) is 7.06. The van der Waals surface area contributed by atoms with Gasteiger partial charge < -0.3 is 0 Å². The van der Waals surface area contributed by atoms with Crippen LogP contribution >= 0.6 is 11.6 Å². The van der Waals surface area contributed by atoms with Crippen molar-refractivity contribution in [1.29, 1.82) is 0 Å². The van der Waals surface area contributed by atoms with Gasteiger partial charge >= 0.3 is 0 Å². The Hall–Kier alpha value is -1.66. The summed E-state index contributed by atoms with van der Waals surface area (Å²) in [7, 11) is 1.27. The van der Waals surface area contributed by atoms with Crippen LogP contribution in [0, 0.1) is 10.1 Å². The van der Waals surface area contributed by atoms with Crippen molar-refractivity contribution in [2.75, 3.05) is 7.11 Å². The van der Waals surface area contributed by atoms with E-state index in [4.69, 9.17) is 11.6 Å². The Bertz CT molecular complexity index is 408. The molecular formula is C8H7ClN2O4. The zero-order chi connectivity index (χ0) is 11.4. The molecule has 0 aliphatic heterocycles. The highest BCUT2D eigenvalue weighted by Gasteiger charge is 2.15. The number of nitro groups is 1. The minimum atomic E-state index is -0.661. The summed E-state index contributed by atoms with van der Waals surface area (Å²) in [4.78, 5) is 25.5. The molecule has 6 nitrogen and oxygen atoms in total. The number of carbonyl (C=O) groups is 1. The lowest BCUT2D eigenvalue weighted by molar-refractivity contribution is -0.384. The molecule has 0 aliphatic carbocycles. The number of rotatable bonds is 3. The van der Waals surface area contributed by atoms with Crippen LogP contribution in [0.4, 0.5) is 5.69 Å². The molecule has 1 aromatic rings. The van der Waals surface area contributed by atoms with Gasteiger partial charge in [-0.3, -0.25) is 19.7 Å². The SMILES string of the molecule is CONC(=O)c1ccc(Cl)c([N+](=O)[O-])c1. The predicted molar refractivity (Wildman–Crippen MR) is 52.6 cm³/mol. The standard InChI is InChI=1S/C8H7ClN2O4/c1-15-10-8(12)5-2-3-6(9)7(4-5)11(13)14/h2-4H,1H3,(H,10,12). The van der Waals surface area contributed by atoms with E-state index in [9.17, 15) is 14.9 Å². The zero-order valence-corrected chi connectivity index (χ0v) is 8.45. The second kappa shape index (κ2) is 4.72. The lowest BCUT2D eigenvalue weighted by atomic mass is 10.2. The first kappa shape index (κ1) is 11.4. The first-order valence-corrected chi connectivity index (χ1v) is 4.21. The van der Waals surface area contributed by atoms with Gasteiger partial charge in [-0.05, 0) is 12.1 Å². The number of benzene rings is 1. The molecule has 15 heavy (non-hydrogen) atoms. The molecule has 1 aromatic carbocycles. The van der Waals surface area contributed by atoms with Crippen molar-refractivity contribution in [1.82, 2.24) is 5.48 Å². The maximum absolute atomic E-state index is 11.2. The molecule has 7 heteroatoms. The summed E-state index contributed by atoms with van der Waals surface area (Å²) in [6.07, 6.45) is 0. The van der Waals surface area contributed by atoms with Crippen molar-refractivity contribution >= 4 is 23.2 Å². The van der Waals surface area contributed by atoms with E-state index in [1.807, 2.05) is 5.48 Å². The van der Waals surface area contributed by atoms with Crippen LogP contribution in [0.15, 0.2) is 18.2 Å². The summed E-state index contributed by atoms with van der Waals surface area (Å²) in [6.45, 7) is 0. The second-order valence-corrected chi connectivity index (χ2v) is 2.97. The van der Waals surface area contributed by atoms with Gasteiger partial charge in [0, 0.05) is 11.6 Å². The number of amides is 1. The van der Waals surface area contributed by atoms with Gasteiger partial charge in [0.1, 0.15) is 5.02 Å². The summed E-state index contributed by atoms with van der Waals surface area (Å²) in [5, 5.41) is 10.5. The van der Waals surface area contributed by atoms with E-state index in [1.165, 1.54) is 19.2 Å². The van der Waals surface area contributed by atoms with E-state index in [0.29, 0.717) is 0 Å². The average Bonchev–Trinajstić information content (AvgIpc) is 2.18.